The highest BCUT2D eigenvalue weighted by Gasteiger charge is 2.08. The molecular formula is C18H15N5O. The molecule has 0 spiro atoms. The summed E-state index contributed by atoms with van der Waals surface area (Å²) in [5.41, 5.74) is 3.71. The Kier molecular flexibility index (Phi) is 4.34. The van der Waals surface area contributed by atoms with Crippen molar-refractivity contribution < 1.29 is 4.79 Å². The molecule has 118 valence electrons. The monoisotopic (exact) mass is 317 g/mol. The Hall–Kier alpha value is -3.46. The number of hydrogen-bond donors (Lipinski definition) is 1. The van der Waals surface area contributed by atoms with Crippen molar-refractivity contribution in [1.29, 1.82) is 5.26 Å². The minimum absolute atomic E-state index is 0.224. The lowest BCUT2D eigenvalue weighted by molar-refractivity contribution is 0.0951. The Bertz CT molecular complexity index is 923. The third-order valence-electron chi connectivity index (χ3n) is 3.62. The van der Waals surface area contributed by atoms with E-state index in [2.05, 4.69) is 15.4 Å². The molecule has 1 N–H and O–H groups in total. The molecule has 6 heteroatoms. The molecule has 0 saturated carbocycles. The van der Waals surface area contributed by atoms with Crippen LogP contribution in [0.15, 0.2) is 55.0 Å². The van der Waals surface area contributed by atoms with Crippen LogP contribution in [-0.4, -0.2) is 20.7 Å². The quantitative estimate of drug-likeness (QED) is 0.800. The molecule has 0 unspecified atom stereocenters. The molecule has 0 aliphatic rings. The molecule has 0 fully saturated rings. The molecule has 6 nitrogen and oxygen atoms in total. The van der Waals surface area contributed by atoms with Crippen LogP contribution in [0.5, 0.6) is 0 Å². The largest absolute Gasteiger partial charge is 0.348 e. The van der Waals surface area contributed by atoms with Gasteiger partial charge in [0, 0.05) is 43.3 Å². The van der Waals surface area contributed by atoms with Crippen molar-refractivity contribution in [2.45, 2.75) is 6.54 Å². The predicted molar refractivity (Wildman–Crippen MR) is 88.8 cm³/mol. The van der Waals surface area contributed by atoms with Gasteiger partial charge in [0.25, 0.3) is 5.91 Å². The molecule has 24 heavy (non-hydrogen) atoms. The smallest absolute Gasteiger partial charge is 0.251 e. The van der Waals surface area contributed by atoms with E-state index in [0.717, 1.165) is 16.8 Å². The van der Waals surface area contributed by atoms with E-state index in [0.29, 0.717) is 17.7 Å². The number of nitrogens with zero attached hydrogens (tertiary/aromatic N) is 4. The highest BCUT2D eigenvalue weighted by atomic mass is 16.1. The molecule has 0 atom stereocenters. The number of rotatable bonds is 4. The van der Waals surface area contributed by atoms with Crippen molar-refractivity contribution in [1.82, 2.24) is 20.1 Å². The number of aromatic nitrogens is 3. The Balaban J connectivity index is 1.72. The zero-order chi connectivity index (χ0) is 16.9. The molecule has 1 aromatic carbocycles. The van der Waals surface area contributed by atoms with Crippen molar-refractivity contribution in [3.05, 3.63) is 71.7 Å². The van der Waals surface area contributed by atoms with E-state index in [1.165, 1.54) is 0 Å². The molecular weight excluding hydrogens is 302 g/mol. The number of amides is 1. The van der Waals surface area contributed by atoms with Crippen molar-refractivity contribution in [3.63, 3.8) is 0 Å². The van der Waals surface area contributed by atoms with Gasteiger partial charge < -0.3 is 5.32 Å². The second-order valence-corrected chi connectivity index (χ2v) is 5.30. The number of hydrogen-bond acceptors (Lipinski definition) is 4. The number of nitriles is 1. The van der Waals surface area contributed by atoms with Gasteiger partial charge in [-0.2, -0.15) is 10.4 Å². The van der Waals surface area contributed by atoms with Crippen LogP contribution in [0.3, 0.4) is 0 Å². The SMILES string of the molecule is Cn1nccc1-c1cncc(CNC(=O)c2cccc(C#N)c2)c1. The summed E-state index contributed by atoms with van der Waals surface area (Å²) >= 11 is 0. The number of benzene rings is 1. The van der Waals surface area contributed by atoms with Gasteiger partial charge in [-0.05, 0) is 35.9 Å². The molecule has 1 amide bonds. The third-order valence-corrected chi connectivity index (χ3v) is 3.62. The van der Waals surface area contributed by atoms with Gasteiger partial charge in [-0.25, -0.2) is 0 Å². The van der Waals surface area contributed by atoms with E-state index >= 15 is 0 Å². The topological polar surface area (TPSA) is 83.6 Å². The first-order chi connectivity index (χ1) is 11.7. The maximum absolute atomic E-state index is 12.2. The lowest BCUT2D eigenvalue weighted by Crippen LogP contribution is -2.22. The molecule has 0 saturated heterocycles. The van der Waals surface area contributed by atoms with Crippen LogP contribution in [0.2, 0.25) is 0 Å². The van der Waals surface area contributed by atoms with Crippen LogP contribution in [0, 0.1) is 11.3 Å². The molecule has 2 aromatic heterocycles. The fourth-order valence-electron chi connectivity index (χ4n) is 2.40. The third kappa shape index (κ3) is 3.31. The summed E-state index contributed by atoms with van der Waals surface area (Å²) in [4.78, 5) is 16.4. The Morgan fingerprint density at radius 1 is 1.29 bits per heavy atom. The zero-order valence-corrected chi connectivity index (χ0v) is 13.1. The van der Waals surface area contributed by atoms with Gasteiger partial charge in [0.1, 0.15) is 0 Å². The highest BCUT2D eigenvalue weighted by Crippen LogP contribution is 2.18. The first-order valence-corrected chi connectivity index (χ1v) is 7.38. The first kappa shape index (κ1) is 15.4. The summed E-state index contributed by atoms with van der Waals surface area (Å²) in [5, 5.41) is 15.9. The Morgan fingerprint density at radius 3 is 2.92 bits per heavy atom. The van der Waals surface area contributed by atoms with Crippen molar-refractivity contribution in [2.75, 3.05) is 0 Å². The van der Waals surface area contributed by atoms with Gasteiger partial charge in [0.2, 0.25) is 0 Å². The predicted octanol–water partition coefficient (Wildman–Crippen LogP) is 2.28. The summed E-state index contributed by atoms with van der Waals surface area (Å²) in [6, 6.07) is 12.5. The van der Waals surface area contributed by atoms with Crippen molar-refractivity contribution in [2.24, 2.45) is 7.05 Å². The van der Waals surface area contributed by atoms with Crippen LogP contribution in [-0.2, 0) is 13.6 Å². The number of aryl methyl sites for hydroxylation is 1. The van der Waals surface area contributed by atoms with Gasteiger partial charge in [-0.1, -0.05) is 6.07 Å². The molecule has 0 bridgehead atoms. The second-order valence-electron chi connectivity index (χ2n) is 5.30. The van der Waals surface area contributed by atoms with E-state index in [4.69, 9.17) is 5.26 Å². The van der Waals surface area contributed by atoms with Gasteiger partial charge in [-0.3, -0.25) is 14.5 Å². The number of carbonyl (C=O) groups is 1. The van der Waals surface area contributed by atoms with Gasteiger partial charge in [-0.15, -0.1) is 0 Å². The maximum atomic E-state index is 12.2. The highest BCUT2D eigenvalue weighted by molar-refractivity contribution is 5.94. The summed E-state index contributed by atoms with van der Waals surface area (Å²) in [7, 11) is 1.87. The van der Waals surface area contributed by atoms with Gasteiger partial charge in [0.05, 0.1) is 17.3 Å². The number of pyridine rings is 1. The molecule has 3 rings (SSSR count). The second kappa shape index (κ2) is 6.75. The molecule has 0 aliphatic carbocycles. The van der Waals surface area contributed by atoms with Crippen molar-refractivity contribution >= 4 is 5.91 Å². The summed E-state index contributed by atoms with van der Waals surface area (Å²) < 4.78 is 1.77. The normalized spacial score (nSPS) is 10.2. The van der Waals surface area contributed by atoms with E-state index in [-0.39, 0.29) is 5.91 Å². The van der Waals surface area contributed by atoms with Gasteiger partial charge in [0.15, 0.2) is 0 Å². The van der Waals surface area contributed by atoms with Crippen LogP contribution >= 0.6 is 0 Å². The van der Waals surface area contributed by atoms with E-state index in [1.807, 2.05) is 25.2 Å². The molecule has 3 aromatic rings. The lowest BCUT2D eigenvalue weighted by Gasteiger charge is -2.07. The van der Waals surface area contributed by atoms with E-state index in [1.54, 1.807) is 47.5 Å². The molecule has 2 heterocycles. The zero-order valence-electron chi connectivity index (χ0n) is 13.1. The Labute approximate surface area is 139 Å². The van der Waals surface area contributed by atoms with Crippen molar-refractivity contribution in [3.8, 4) is 17.3 Å². The molecule has 0 radical (unpaired) electrons. The van der Waals surface area contributed by atoms with E-state index < -0.39 is 0 Å². The average Bonchev–Trinajstić information content (AvgIpc) is 3.06. The lowest BCUT2D eigenvalue weighted by atomic mass is 10.1. The summed E-state index contributed by atoms with van der Waals surface area (Å²) in [5.74, 6) is -0.224. The summed E-state index contributed by atoms with van der Waals surface area (Å²) in [6.07, 6.45) is 5.20. The van der Waals surface area contributed by atoms with Crippen LogP contribution < -0.4 is 5.32 Å². The minimum Gasteiger partial charge on any atom is -0.348 e. The number of carbonyl (C=O) groups excluding carboxylic acids is 1. The van der Waals surface area contributed by atoms with Crippen LogP contribution in [0.1, 0.15) is 21.5 Å². The maximum Gasteiger partial charge on any atom is 0.251 e. The van der Waals surface area contributed by atoms with Crippen LogP contribution in [0.4, 0.5) is 0 Å². The average molecular weight is 317 g/mol. The van der Waals surface area contributed by atoms with Crippen LogP contribution in [0.25, 0.3) is 11.3 Å². The number of nitrogens with one attached hydrogen (secondary N) is 1. The fourth-order valence-corrected chi connectivity index (χ4v) is 2.40. The van der Waals surface area contributed by atoms with Gasteiger partial charge >= 0.3 is 0 Å². The van der Waals surface area contributed by atoms with E-state index in [9.17, 15) is 4.79 Å². The molecule has 0 aliphatic heterocycles. The Morgan fingerprint density at radius 2 is 2.17 bits per heavy atom. The fraction of sp³-hybridized carbons (Fsp3) is 0.111. The first-order valence-electron chi connectivity index (χ1n) is 7.38. The standard InChI is InChI=1S/C18H15N5O/c1-23-17(5-6-22-23)16-8-14(10-20-12-16)11-21-18(24)15-4-2-3-13(7-15)9-19/h2-8,10,12H,11H2,1H3,(H,21,24). The minimum atomic E-state index is -0.224. The summed E-state index contributed by atoms with van der Waals surface area (Å²) in [6.45, 7) is 0.355.